The minimum atomic E-state index is -3.79. The molecule has 0 radical (unpaired) electrons. The molecule has 0 bridgehead atoms. The molecule has 18 heavy (non-hydrogen) atoms. The minimum Gasteiger partial charge on any atom is -0.208 e. The maximum Gasteiger partial charge on any atom is 0.243 e. The van der Waals surface area contributed by atoms with Crippen molar-refractivity contribution < 1.29 is 12.8 Å². The number of rotatable bonds is 3. The second-order valence-corrected chi connectivity index (χ2v) is 6.65. The van der Waals surface area contributed by atoms with Gasteiger partial charge in [-0.15, -0.1) is 0 Å². The van der Waals surface area contributed by atoms with E-state index < -0.39 is 15.8 Å². The fourth-order valence-electron chi connectivity index (χ4n) is 2.20. The average Bonchev–Trinajstić information content (AvgIpc) is 2.29. The van der Waals surface area contributed by atoms with Crippen LogP contribution in [0.25, 0.3) is 0 Å². The molecule has 0 heterocycles. The van der Waals surface area contributed by atoms with Crippen LogP contribution in [0.5, 0.6) is 0 Å². The summed E-state index contributed by atoms with van der Waals surface area (Å²) in [5.41, 5.74) is 0. The summed E-state index contributed by atoms with van der Waals surface area (Å²) in [6.07, 6.45) is 4.78. The van der Waals surface area contributed by atoms with Gasteiger partial charge in [-0.05, 0) is 31.0 Å². The van der Waals surface area contributed by atoms with E-state index in [2.05, 4.69) is 4.72 Å². The van der Waals surface area contributed by atoms with E-state index in [0.717, 1.165) is 38.2 Å². The van der Waals surface area contributed by atoms with E-state index in [-0.39, 0.29) is 16.0 Å². The van der Waals surface area contributed by atoms with Crippen LogP contribution in [0.4, 0.5) is 4.39 Å². The zero-order valence-corrected chi connectivity index (χ0v) is 11.4. The van der Waals surface area contributed by atoms with Crippen LogP contribution in [-0.2, 0) is 10.0 Å². The van der Waals surface area contributed by atoms with Crippen LogP contribution < -0.4 is 4.72 Å². The van der Waals surface area contributed by atoms with Crippen LogP contribution in [0, 0.1) is 5.82 Å². The maximum atomic E-state index is 13.6. The van der Waals surface area contributed by atoms with Gasteiger partial charge in [0.25, 0.3) is 0 Å². The summed E-state index contributed by atoms with van der Waals surface area (Å²) in [5.74, 6) is -0.814. The monoisotopic (exact) mass is 291 g/mol. The van der Waals surface area contributed by atoms with Crippen LogP contribution in [0.3, 0.4) is 0 Å². The van der Waals surface area contributed by atoms with Crippen LogP contribution in [0.2, 0.25) is 5.02 Å². The highest BCUT2D eigenvalue weighted by atomic mass is 35.5. The van der Waals surface area contributed by atoms with Crippen LogP contribution >= 0.6 is 11.6 Å². The van der Waals surface area contributed by atoms with Gasteiger partial charge in [-0.25, -0.2) is 17.5 Å². The third-order valence-corrected chi connectivity index (χ3v) is 4.90. The molecule has 6 heteroatoms. The van der Waals surface area contributed by atoms with Crippen molar-refractivity contribution in [1.82, 2.24) is 4.72 Å². The van der Waals surface area contributed by atoms with Crippen LogP contribution in [-0.4, -0.2) is 14.5 Å². The molecule has 1 N–H and O–H groups in total. The van der Waals surface area contributed by atoms with Crippen LogP contribution in [0.15, 0.2) is 23.1 Å². The van der Waals surface area contributed by atoms with E-state index in [0.29, 0.717) is 0 Å². The van der Waals surface area contributed by atoms with Crippen molar-refractivity contribution in [2.45, 2.75) is 43.0 Å². The maximum absolute atomic E-state index is 13.6. The van der Waals surface area contributed by atoms with Gasteiger partial charge in [0, 0.05) is 11.1 Å². The molecule has 0 amide bonds. The first-order valence-electron chi connectivity index (χ1n) is 5.96. The van der Waals surface area contributed by atoms with Crippen molar-refractivity contribution in [3.8, 4) is 0 Å². The lowest BCUT2D eigenvalue weighted by Crippen LogP contribution is -2.36. The van der Waals surface area contributed by atoms with Gasteiger partial charge < -0.3 is 0 Å². The predicted octanol–water partition coefficient (Wildman–Crippen LogP) is 3.09. The molecular weight excluding hydrogens is 277 g/mol. The normalized spacial score (nSPS) is 17.9. The summed E-state index contributed by atoms with van der Waals surface area (Å²) in [7, 11) is -3.79. The Labute approximate surface area is 111 Å². The van der Waals surface area contributed by atoms with Crippen molar-refractivity contribution in [2.24, 2.45) is 0 Å². The molecule has 1 saturated carbocycles. The molecule has 1 aliphatic carbocycles. The SMILES string of the molecule is O=S(=O)(NC1CCCCC1)c1ccc(Cl)cc1F. The van der Waals surface area contributed by atoms with Crippen molar-refractivity contribution in [1.29, 1.82) is 0 Å². The molecule has 0 saturated heterocycles. The third-order valence-electron chi connectivity index (χ3n) is 3.11. The molecule has 0 spiro atoms. The standard InChI is InChI=1S/C12H15ClFNO2S/c13-9-6-7-12(11(14)8-9)18(16,17)15-10-4-2-1-3-5-10/h6-8,10,15H,1-5H2. The molecule has 1 aromatic carbocycles. The number of benzene rings is 1. The summed E-state index contributed by atoms with van der Waals surface area (Å²) in [6, 6.07) is 3.50. The molecular formula is C12H15ClFNO2S. The largest absolute Gasteiger partial charge is 0.243 e. The Morgan fingerprint density at radius 3 is 2.50 bits per heavy atom. The fraction of sp³-hybridized carbons (Fsp3) is 0.500. The Morgan fingerprint density at radius 1 is 1.22 bits per heavy atom. The summed E-state index contributed by atoms with van der Waals surface area (Å²) < 4.78 is 40.2. The van der Waals surface area contributed by atoms with E-state index in [4.69, 9.17) is 11.6 Å². The van der Waals surface area contributed by atoms with Gasteiger partial charge in [0.2, 0.25) is 10.0 Å². The first-order valence-corrected chi connectivity index (χ1v) is 7.82. The third kappa shape index (κ3) is 3.22. The molecule has 0 unspecified atom stereocenters. The number of halogens is 2. The van der Waals surface area contributed by atoms with Gasteiger partial charge in [0.05, 0.1) is 0 Å². The van der Waals surface area contributed by atoms with Gasteiger partial charge in [0.1, 0.15) is 10.7 Å². The minimum absolute atomic E-state index is 0.0844. The predicted molar refractivity (Wildman–Crippen MR) is 68.6 cm³/mol. The number of nitrogens with one attached hydrogen (secondary N) is 1. The van der Waals surface area contributed by atoms with E-state index in [1.807, 2.05) is 0 Å². The van der Waals surface area contributed by atoms with Crippen LogP contribution in [0.1, 0.15) is 32.1 Å². The first kappa shape index (κ1) is 13.8. The Balaban J connectivity index is 2.19. The highest BCUT2D eigenvalue weighted by molar-refractivity contribution is 7.89. The molecule has 2 rings (SSSR count). The molecule has 1 aliphatic rings. The molecule has 0 atom stereocenters. The Hall–Kier alpha value is -0.650. The smallest absolute Gasteiger partial charge is 0.208 e. The molecule has 1 fully saturated rings. The summed E-state index contributed by atoms with van der Waals surface area (Å²) in [4.78, 5) is -0.336. The highest BCUT2D eigenvalue weighted by Crippen LogP contribution is 2.22. The van der Waals surface area contributed by atoms with Gasteiger partial charge >= 0.3 is 0 Å². The molecule has 0 aromatic heterocycles. The molecule has 3 nitrogen and oxygen atoms in total. The van der Waals surface area contributed by atoms with Crippen molar-refractivity contribution in [2.75, 3.05) is 0 Å². The van der Waals surface area contributed by atoms with E-state index in [9.17, 15) is 12.8 Å². The number of hydrogen-bond acceptors (Lipinski definition) is 2. The van der Waals surface area contributed by atoms with E-state index in [1.165, 1.54) is 12.1 Å². The Bertz CT molecular complexity index is 527. The Kier molecular flexibility index (Phi) is 4.25. The van der Waals surface area contributed by atoms with E-state index >= 15 is 0 Å². The second kappa shape index (κ2) is 5.55. The van der Waals surface area contributed by atoms with Crippen molar-refractivity contribution in [3.05, 3.63) is 29.0 Å². The van der Waals surface area contributed by atoms with E-state index in [1.54, 1.807) is 0 Å². The molecule has 0 aliphatic heterocycles. The van der Waals surface area contributed by atoms with Gasteiger partial charge in [-0.3, -0.25) is 0 Å². The lowest BCUT2D eigenvalue weighted by molar-refractivity contribution is 0.411. The lowest BCUT2D eigenvalue weighted by Gasteiger charge is -2.22. The molecule has 100 valence electrons. The second-order valence-electron chi connectivity index (χ2n) is 4.53. The van der Waals surface area contributed by atoms with Gasteiger partial charge in [-0.2, -0.15) is 0 Å². The van der Waals surface area contributed by atoms with Crippen molar-refractivity contribution >= 4 is 21.6 Å². The summed E-state index contributed by atoms with van der Waals surface area (Å²) >= 11 is 5.60. The average molecular weight is 292 g/mol. The van der Waals surface area contributed by atoms with Crippen molar-refractivity contribution in [3.63, 3.8) is 0 Å². The topological polar surface area (TPSA) is 46.2 Å². The zero-order chi connectivity index (χ0) is 13.2. The first-order chi connectivity index (χ1) is 8.49. The number of hydrogen-bond donors (Lipinski definition) is 1. The lowest BCUT2D eigenvalue weighted by atomic mass is 9.96. The zero-order valence-electron chi connectivity index (χ0n) is 9.83. The quantitative estimate of drug-likeness (QED) is 0.930. The fourth-order valence-corrected chi connectivity index (χ4v) is 3.72. The Morgan fingerprint density at radius 2 is 1.89 bits per heavy atom. The van der Waals surface area contributed by atoms with Gasteiger partial charge in [-0.1, -0.05) is 30.9 Å². The van der Waals surface area contributed by atoms with Gasteiger partial charge in [0.15, 0.2) is 0 Å². The highest BCUT2D eigenvalue weighted by Gasteiger charge is 2.24. The number of sulfonamides is 1. The summed E-state index contributed by atoms with van der Waals surface area (Å²) in [5, 5.41) is 0.184. The molecule has 1 aromatic rings. The summed E-state index contributed by atoms with van der Waals surface area (Å²) in [6.45, 7) is 0.